The Labute approximate surface area is 150 Å². The first-order valence-corrected chi connectivity index (χ1v) is 10.4. The largest absolute Gasteiger partial charge is 0.368 e. The molecule has 5 heteroatoms. The SMILES string of the molecule is Nc1nc(N2CCCC3CNCC3C2)c2c(n1)C1(CCCC1)CCC2. The number of aromatic nitrogens is 2. The van der Waals surface area contributed by atoms with Crippen molar-refractivity contribution >= 4 is 11.8 Å². The molecule has 2 aliphatic heterocycles. The van der Waals surface area contributed by atoms with Crippen molar-refractivity contribution in [3.63, 3.8) is 0 Å². The third-order valence-corrected chi connectivity index (χ3v) is 7.38. The maximum Gasteiger partial charge on any atom is 0.222 e. The molecule has 0 bridgehead atoms. The van der Waals surface area contributed by atoms with E-state index in [1.807, 2.05) is 0 Å². The predicted octanol–water partition coefficient (Wildman–Crippen LogP) is 2.64. The van der Waals surface area contributed by atoms with Gasteiger partial charge in [-0.05, 0) is 69.9 Å². The van der Waals surface area contributed by atoms with Gasteiger partial charge in [0, 0.05) is 24.1 Å². The van der Waals surface area contributed by atoms with Crippen LogP contribution in [0.25, 0.3) is 0 Å². The van der Waals surface area contributed by atoms with E-state index < -0.39 is 0 Å². The quantitative estimate of drug-likeness (QED) is 0.822. The molecule has 3 N–H and O–H groups in total. The summed E-state index contributed by atoms with van der Waals surface area (Å²) in [5, 5.41) is 3.59. The van der Waals surface area contributed by atoms with Crippen LogP contribution in [-0.4, -0.2) is 36.1 Å². The molecule has 2 unspecified atom stereocenters. The maximum atomic E-state index is 6.22. The molecule has 5 rings (SSSR count). The average Bonchev–Trinajstić information content (AvgIpc) is 3.21. The molecule has 4 aliphatic rings. The molecule has 2 aliphatic carbocycles. The summed E-state index contributed by atoms with van der Waals surface area (Å²) in [5.74, 6) is 3.29. The molecule has 1 saturated carbocycles. The number of anilines is 2. The highest BCUT2D eigenvalue weighted by atomic mass is 15.2. The van der Waals surface area contributed by atoms with E-state index in [-0.39, 0.29) is 0 Å². The fourth-order valence-corrected chi connectivity index (χ4v) is 6.13. The minimum atomic E-state index is 0.308. The van der Waals surface area contributed by atoms with Gasteiger partial charge < -0.3 is 16.0 Å². The lowest BCUT2D eigenvalue weighted by atomic mass is 9.71. The number of rotatable bonds is 1. The van der Waals surface area contributed by atoms with Crippen LogP contribution in [0.2, 0.25) is 0 Å². The molecule has 0 aromatic carbocycles. The Hall–Kier alpha value is -1.36. The topological polar surface area (TPSA) is 67.1 Å². The molecule has 3 heterocycles. The Balaban J connectivity index is 1.54. The highest BCUT2D eigenvalue weighted by Crippen LogP contribution is 2.49. The van der Waals surface area contributed by atoms with E-state index >= 15 is 0 Å². The van der Waals surface area contributed by atoms with E-state index in [0.717, 1.165) is 37.9 Å². The number of hydrogen-bond acceptors (Lipinski definition) is 5. The van der Waals surface area contributed by atoms with Crippen molar-refractivity contribution in [2.75, 3.05) is 36.8 Å². The summed E-state index contributed by atoms with van der Waals surface area (Å²) in [4.78, 5) is 12.2. The summed E-state index contributed by atoms with van der Waals surface area (Å²) in [6.45, 7) is 4.62. The lowest BCUT2D eigenvalue weighted by molar-refractivity contribution is 0.357. The molecule has 25 heavy (non-hydrogen) atoms. The lowest BCUT2D eigenvalue weighted by Gasteiger charge is -2.37. The molecule has 3 fully saturated rings. The Kier molecular flexibility index (Phi) is 3.88. The lowest BCUT2D eigenvalue weighted by Crippen LogP contribution is -2.36. The van der Waals surface area contributed by atoms with Crippen molar-refractivity contribution in [1.82, 2.24) is 15.3 Å². The summed E-state index contributed by atoms with van der Waals surface area (Å²) < 4.78 is 0. The Morgan fingerprint density at radius 3 is 2.68 bits per heavy atom. The van der Waals surface area contributed by atoms with Crippen molar-refractivity contribution in [2.45, 2.75) is 63.2 Å². The van der Waals surface area contributed by atoms with Gasteiger partial charge in [-0.2, -0.15) is 4.98 Å². The number of nitrogens with two attached hydrogens (primary N) is 1. The number of nitrogens with zero attached hydrogens (tertiary/aromatic N) is 3. The van der Waals surface area contributed by atoms with Gasteiger partial charge in [-0.3, -0.25) is 0 Å². The summed E-state index contributed by atoms with van der Waals surface area (Å²) in [7, 11) is 0. The summed E-state index contributed by atoms with van der Waals surface area (Å²) >= 11 is 0. The molecular weight excluding hydrogens is 310 g/mol. The normalized spacial score (nSPS) is 31.0. The predicted molar refractivity (Wildman–Crippen MR) is 101 cm³/mol. The van der Waals surface area contributed by atoms with E-state index in [2.05, 4.69) is 10.2 Å². The van der Waals surface area contributed by atoms with Crippen molar-refractivity contribution in [2.24, 2.45) is 11.8 Å². The van der Waals surface area contributed by atoms with E-state index in [1.54, 1.807) is 0 Å². The summed E-state index contributed by atoms with van der Waals surface area (Å²) in [6, 6.07) is 0. The zero-order chi connectivity index (χ0) is 16.9. The van der Waals surface area contributed by atoms with Gasteiger partial charge in [0.15, 0.2) is 0 Å². The van der Waals surface area contributed by atoms with Gasteiger partial charge in [0.25, 0.3) is 0 Å². The van der Waals surface area contributed by atoms with Crippen LogP contribution in [0.5, 0.6) is 0 Å². The second-order valence-electron chi connectivity index (χ2n) is 8.84. The highest BCUT2D eigenvalue weighted by molar-refractivity contribution is 5.55. The number of fused-ring (bicyclic) bond motifs is 3. The molecule has 1 spiro atoms. The molecule has 0 radical (unpaired) electrons. The molecule has 1 aromatic rings. The van der Waals surface area contributed by atoms with Crippen molar-refractivity contribution in [3.8, 4) is 0 Å². The number of hydrogen-bond donors (Lipinski definition) is 2. The first-order valence-electron chi connectivity index (χ1n) is 10.4. The van der Waals surface area contributed by atoms with Gasteiger partial charge >= 0.3 is 0 Å². The smallest absolute Gasteiger partial charge is 0.222 e. The first-order chi connectivity index (χ1) is 12.3. The van der Waals surface area contributed by atoms with Crippen LogP contribution < -0.4 is 16.0 Å². The third-order valence-electron chi connectivity index (χ3n) is 7.38. The van der Waals surface area contributed by atoms with E-state index in [4.69, 9.17) is 15.7 Å². The Morgan fingerprint density at radius 2 is 1.80 bits per heavy atom. The van der Waals surface area contributed by atoms with E-state index in [0.29, 0.717) is 11.4 Å². The molecule has 5 nitrogen and oxygen atoms in total. The van der Waals surface area contributed by atoms with Gasteiger partial charge in [-0.15, -0.1) is 0 Å². The van der Waals surface area contributed by atoms with Crippen LogP contribution in [0.15, 0.2) is 0 Å². The van der Waals surface area contributed by atoms with Gasteiger partial charge in [-0.25, -0.2) is 4.98 Å². The average molecular weight is 342 g/mol. The van der Waals surface area contributed by atoms with Crippen molar-refractivity contribution in [3.05, 3.63) is 11.3 Å². The standard InChI is InChI=1S/C20H31N5/c21-19-23-17-16(6-3-9-20(17)7-1-2-8-20)18(24-19)25-10-4-5-14-11-22-12-15(14)13-25/h14-15,22H,1-13H2,(H2,21,23,24). The van der Waals surface area contributed by atoms with Crippen LogP contribution in [0.4, 0.5) is 11.8 Å². The van der Waals surface area contributed by atoms with Crippen molar-refractivity contribution < 1.29 is 0 Å². The maximum absolute atomic E-state index is 6.22. The fraction of sp³-hybridized carbons (Fsp3) is 0.800. The van der Waals surface area contributed by atoms with Gasteiger partial charge in [0.2, 0.25) is 5.95 Å². The minimum absolute atomic E-state index is 0.308. The number of nitrogens with one attached hydrogen (secondary N) is 1. The van der Waals surface area contributed by atoms with Gasteiger partial charge in [-0.1, -0.05) is 12.8 Å². The van der Waals surface area contributed by atoms with Crippen LogP contribution in [0.1, 0.15) is 62.6 Å². The molecular formula is C20H31N5. The minimum Gasteiger partial charge on any atom is -0.368 e. The van der Waals surface area contributed by atoms with E-state index in [9.17, 15) is 0 Å². The monoisotopic (exact) mass is 341 g/mol. The first kappa shape index (κ1) is 15.9. The van der Waals surface area contributed by atoms with Crippen molar-refractivity contribution in [1.29, 1.82) is 0 Å². The van der Waals surface area contributed by atoms with Crippen LogP contribution in [0.3, 0.4) is 0 Å². The summed E-state index contributed by atoms with van der Waals surface area (Å²) in [5.41, 5.74) is 9.29. The fourth-order valence-electron chi connectivity index (χ4n) is 6.13. The highest BCUT2D eigenvalue weighted by Gasteiger charge is 2.42. The number of nitrogen functional groups attached to an aromatic ring is 1. The van der Waals surface area contributed by atoms with Gasteiger partial charge in [0.1, 0.15) is 5.82 Å². The molecule has 2 saturated heterocycles. The van der Waals surface area contributed by atoms with E-state index in [1.165, 1.54) is 75.0 Å². The van der Waals surface area contributed by atoms with Crippen LogP contribution in [-0.2, 0) is 11.8 Å². The molecule has 1 aromatic heterocycles. The van der Waals surface area contributed by atoms with Gasteiger partial charge in [0.05, 0.1) is 5.69 Å². The second-order valence-corrected chi connectivity index (χ2v) is 8.84. The molecule has 2 atom stereocenters. The van der Waals surface area contributed by atoms with Crippen LogP contribution >= 0.6 is 0 Å². The molecule has 136 valence electrons. The zero-order valence-electron chi connectivity index (χ0n) is 15.3. The summed E-state index contributed by atoms with van der Waals surface area (Å²) in [6.07, 6.45) is 11.6. The Bertz CT molecular complexity index is 652. The molecule has 0 amide bonds. The second kappa shape index (κ2) is 6.11. The third kappa shape index (κ3) is 2.62. The zero-order valence-corrected chi connectivity index (χ0v) is 15.3. The Morgan fingerprint density at radius 1 is 1.00 bits per heavy atom. The van der Waals surface area contributed by atoms with Crippen LogP contribution in [0, 0.1) is 11.8 Å².